The summed E-state index contributed by atoms with van der Waals surface area (Å²) in [6.07, 6.45) is 6.45. The van der Waals surface area contributed by atoms with Crippen molar-refractivity contribution >= 4 is 11.6 Å². The van der Waals surface area contributed by atoms with Crippen LogP contribution in [0.5, 0.6) is 0 Å². The molecule has 0 amide bonds. The van der Waals surface area contributed by atoms with Crippen molar-refractivity contribution in [2.45, 2.75) is 19.4 Å². The van der Waals surface area contributed by atoms with Gasteiger partial charge in [0.25, 0.3) is 0 Å². The number of nitrogens with zero attached hydrogens (tertiary/aromatic N) is 2. The van der Waals surface area contributed by atoms with E-state index in [4.69, 9.17) is 0 Å². The fraction of sp³-hybridized carbons (Fsp3) is 0.273. The van der Waals surface area contributed by atoms with Crippen molar-refractivity contribution in [3.63, 3.8) is 0 Å². The van der Waals surface area contributed by atoms with Crippen molar-refractivity contribution in [1.29, 1.82) is 0 Å². The summed E-state index contributed by atoms with van der Waals surface area (Å²) in [5, 5.41) is 11.4. The largest absolute Gasteiger partial charge is 0.512 e. The Kier molecular flexibility index (Phi) is 1.59. The van der Waals surface area contributed by atoms with E-state index < -0.39 is 0 Å². The lowest BCUT2D eigenvalue weighted by molar-refractivity contribution is 0.403. The Labute approximate surface area is 85.5 Å². The van der Waals surface area contributed by atoms with Gasteiger partial charge in [0.1, 0.15) is 0 Å². The first-order chi connectivity index (χ1) is 7.25. The molecule has 1 aromatic heterocycles. The van der Waals surface area contributed by atoms with Crippen LogP contribution in [0.25, 0.3) is 11.6 Å². The summed E-state index contributed by atoms with van der Waals surface area (Å²) in [5.74, 6) is 0.349. The molecule has 0 saturated carbocycles. The van der Waals surface area contributed by atoms with Crippen molar-refractivity contribution < 1.29 is 5.11 Å². The predicted molar refractivity (Wildman–Crippen MR) is 55.6 cm³/mol. The minimum absolute atomic E-state index is 0.196. The maximum absolute atomic E-state index is 11.5. The summed E-state index contributed by atoms with van der Waals surface area (Å²) in [6.45, 7) is 0.686. The van der Waals surface area contributed by atoms with E-state index in [0.29, 0.717) is 18.7 Å². The molecule has 0 atom stereocenters. The zero-order valence-electron chi connectivity index (χ0n) is 8.10. The molecule has 1 aliphatic heterocycles. The molecule has 4 heteroatoms. The Hall–Kier alpha value is -1.84. The average Bonchev–Trinajstić information content (AvgIpc) is 2.55. The lowest BCUT2D eigenvalue weighted by Crippen LogP contribution is -2.42. The van der Waals surface area contributed by atoms with Gasteiger partial charge in [0.05, 0.1) is 11.1 Å². The van der Waals surface area contributed by atoms with Crippen LogP contribution in [0, 0.1) is 0 Å². The molecule has 4 nitrogen and oxygen atoms in total. The molecule has 1 N–H and O–H groups in total. The molecule has 0 unspecified atom stereocenters. The third-order valence-electron chi connectivity index (χ3n) is 2.91. The number of hydrogen-bond donors (Lipinski definition) is 1. The minimum Gasteiger partial charge on any atom is -0.512 e. The van der Waals surface area contributed by atoms with Crippen LogP contribution >= 0.6 is 0 Å². The van der Waals surface area contributed by atoms with Gasteiger partial charge in [-0.05, 0) is 24.1 Å². The van der Waals surface area contributed by atoms with E-state index in [1.54, 1.807) is 16.8 Å². The van der Waals surface area contributed by atoms with Gasteiger partial charge in [-0.1, -0.05) is 0 Å². The number of rotatable bonds is 0. The van der Waals surface area contributed by atoms with E-state index in [1.807, 2.05) is 6.08 Å². The molecule has 1 aliphatic carbocycles. The van der Waals surface area contributed by atoms with E-state index in [1.165, 1.54) is 0 Å². The van der Waals surface area contributed by atoms with Crippen LogP contribution in [-0.2, 0) is 6.54 Å². The average molecular weight is 202 g/mol. The molecule has 2 heterocycles. The molecule has 76 valence electrons. The third kappa shape index (κ3) is 1.14. The monoisotopic (exact) mass is 202 g/mol. The smallest absolute Gasteiger partial charge is 0.348 e. The highest BCUT2D eigenvalue weighted by Gasteiger charge is 2.16. The van der Waals surface area contributed by atoms with Crippen molar-refractivity contribution in [2.75, 3.05) is 0 Å². The molecule has 0 bridgehead atoms. The van der Waals surface area contributed by atoms with Crippen LogP contribution in [0.3, 0.4) is 0 Å². The first-order valence-corrected chi connectivity index (χ1v) is 4.93. The summed E-state index contributed by atoms with van der Waals surface area (Å²) < 4.78 is 1.69. The first kappa shape index (κ1) is 8.47. The standard InChI is InChI=1S/C11H10N2O2/c14-9-2-1-8-6-12-11(15)13-4-3-7(5-9)10(8)13/h1-2,6,14H,3-5H2. The Morgan fingerprint density at radius 1 is 1.40 bits per heavy atom. The zero-order chi connectivity index (χ0) is 10.4. The van der Waals surface area contributed by atoms with Gasteiger partial charge in [0, 0.05) is 24.4 Å². The highest BCUT2D eigenvalue weighted by molar-refractivity contribution is 5.54. The van der Waals surface area contributed by atoms with Gasteiger partial charge in [0.15, 0.2) is 0 Å². The fourth-order valence-electron chi connectivity index (χ4n) is 2.23. The molecule has 0 aromatic carbocycles. The summed E-state index contributed by atoms with van der Waals surface area (Å²) >= 11 is 0. The maximum atomic E-state index is 11.5. The van der Waals surface area contributed by atoms with Gasteiger partial charge in [-0.25, -0.2) is 9.78 Å². The Balaban J connectivity index is 2.51. The predicted octanol–water partition coefficient (Wildman–Crippen LogP) is -0.576. The number of allylic oxidation sites excluding steroid dienone is 2. The summed E-state index contributed by atoms with van der Waals surface area (Å²) in [6, 6.07) is 0. The molecule has 3 rings (SSSR count). The number of aliphatic hydroxyl groups excluding tert-OH is 1. The molecule has 0 saturated heterocycles. The molecule has 1 aromatic rings. The maximum Gasteiger partial charge on any atom is 0.348 e. The molecule has 0 spiro atoms. The van der Waals surface area contributed by atoms with Crippen LogP contribution in [-0.4, -0.2) is 14.7 Å². The summed E-state index contributed by atoms with van der Waals surface area (Å²) in [5.41, 5.74) is 0.936. The second-order valence-electron chi connectivity index (χ2n) is 3.85. The van der Waals surface area contributed by atoms with Crippen molar-refractivity contribution in [3.05, 3.63) is 39.1 Å². The Morgan fingerprint density at radius 2 is 2.27 bits per heavy atom. The van der Waals surface area contributed by atoms with Gasteiger partial charge >= 0.3 is 5.69 Å². The SMILES string of the molecule is O=c1ncc2c3n1CCC=3CC(O)=CC=2. The van der Waals surface area contributed by atoms with Gasteiger partial charge in [-0.2, -0.15) is 0 Å². The lowest BCUT2D eigenvalue weighted by atomic mass is 10.1. The van der Waals surface area contributed by atoms with Crippen molar-refractivity contribution in [3.8, 4) is 0 Å². The van der Waals surface area contributed by atoms with E-state index in [-0.39, 0.29) is 5.69 Å². The highest BCUT2D eigenvalue weighted by Crippen LogP contribution is 2.16. The van der Waals surface area contributed by atoms with Crippen LogP contribution in [0.4, 0.5) is 0 Å². The molecule has 0 fully saturated rings. The number of aliphatic hydroxyl groups is 1. The van der Waals surface area contributed by atoms with Gasteiger partial charge in [-0.15, -0.1) is 0 Å². The summed E-state index contributed by atoms with van der Waals surface area (Å²) in [4.78, 5) is 15.3. The van der Waals surface area contributed by atoms with E-state index >= 15 is 0 Å². The topological polar surface area (TPSA) is 55.1 Å². The van der Waals surface area contributed by atoms with Gasteiger partial charge in [-0.3, -0.25) is 4.57 Å². The normalized spacial score (nSPS) is 17.9. The molecular formula is C11H10N2O2. The van der Waals surface area contributed by atoms with Crippen LogP contribution in [0.1, 0.15) is 12.8 Å². The van der Waals surface area contributed by atoms with Gasteiger partial charge < -0.3 is 5.11 Å². The first-order valence-electron chi connectivity index (χ1n) is 4.93. The van der Waals surface area contributed by atoms with E-state index in [9.17, 15) is 9.90 Å². The second kappa shape index (κ2) is 2.82. The van der Waals surface area contributed by atoms with Gasteiger partial charge in [0.2, 0.25) is 0 Å². The summed E-state index contributed by atoms with van der Waals surface area (Å²) in [7, 11) is 0. The minimum atomic E-state index is -0.196. The van der Waals surface area contributed by atoms with Crippen LogP contribution in [0.15, 0.2) is 22.8 Å². The number of aromatic nitrogens is 2. The Morgan fingerprint density at radius 3 is 3.13 bits per heavy atom. The molecule has 2 aliphatic rings. The number of hydrogen-bond acceptors (Lipinski definition) is 3. The van der Waals surface area contributed by atoms with Crippen LogP contribution in [0.2, 0.25) is 0 Å². The third-order valence-corrected chi connectivity index (χ3v) is 2.91. The lowest BCUT2D eigenvalue weighted by Gasteiger charge is -1.97. The second-order valence-corrected chi connectivity index (χ2v) is 3.85. The fourth-order valence-corrected chi connectivity index (χ4v) is 2.23. The van der Waals surface area contributed by atoms with Crippen molar-refractivity contribution in [2.24, 2.45) is 0 Å². The quantitative estimate of drug-likeness (QED) is 0.612. The Bertz CT molecular complexity index is 638. The molecular weight excluding hydrogens is 192 g/mol. The van der Waals surface area contributed by atoms with Crippen LogP contribution < -0.4 is 16.3 Å². The zero-order valence-corrected chi connectivity index (χ0v) is 8.10. The van der Waals surface area contributed by atoms with E-state index in [2.05, 4.69) is 4.98 Å². The van der Waals surface area contributed by atoms with Crippen molar-refractivity contribution in [1.82, 2.24) is 9.55 Å². The van der Waals surface area contributed by atoms with E-state index in [0.717, 1.165) is 22.6 Å². The molecule has 0 radical (unpaired) electrons. The molecule has 15 heavy (non-hydrogen) atoms. The highest BCUT2D eigenvalue weighted by atomic mass is 16.3.